The van der Waals surface area contributed by atoms with E-state index in [2.05, 4.69) is 0 Å². The quantitative estimate of drug-likeness (QED) is 0.789. The van der Waals surface area contributed by atoms with Crippen LogP contribution in [0, 0.1) is 0 Å². The van der Waals surface area contributed by atoms with Crippen molar-refractivity contribution in [2.45, 2.75) is 6.54 Å². The molecule has 2 rings (SSSR count). The number of benzene rings is 1. The molecule has 0 spiro atoms. The zero-order valence-electron chi connectivity index (χ0n) is 6.75. The van der Waals surface area contributed by atoms with E-state index in [0.717, 1.165) is 11.3 Å². The molecule has 0 atom stereocenters. The van der Waals surface area contributed by atoms with Gasteiger partial charge in [-0.2, -0.15) is 0 Å². The highest BCUT2D eigenvalue weighted by Gasteiger charge is 2.15. The highest BCUT2D eigenvalue weighted by molar-refractivity contribution is 6.31. The molecular formula is C8H9Cl2NO2. The Hall–Kier alpha value is -0.640. The highest BCUT2D eigenvalue weighted by Crippen LogP contribution is 2.36. The van der Waals surface area contributed by atoms with Gasteiger partial charge in [0.15, 0.2) is 11.5 Å². The average molecular weight is 222 g/mol. The molecule has 0 aliphatic carbocycles. The molecule has 1 aliphatic heterocycles. The summed E-state index contributed by atoms with van der Waals surface area (Å²) in [6, 6.07) is 3.54. The van der Waals surface area contributed by atoms with Crippen LogP contribution in [0.25, 0.3) is 0 Å². The molecule has 0 fully saturated rings. The number of rotatable bonds is 1. The van der Waals surface area contributed by atoms with Gasteiger partial charge in [-0.1, -0.05) is 11.6 Å². The van der Waals surface area contributed by atoms with E-state index in [-0.39, 0.29) is 19.2 Å². The fraction of sp³-hybridized carbons (Fsp3) is 0.250. The fourth-order valence-electron chi connectivity index (χ4n) is 1.12. The molecule has 1 aromatic carbocycles. The van der Waals surface area contributed by atoms with Gasteiger partial charge in [0.2, 0.25) is 6.79 Å². The van der Waals surface area contributed by atoms with Crippen LogP contribution in [0.1, 0.15) is 5.56 Å². The lowest BCUT2D eigenvalue weighted by atomic mass is 10.2. The van der Waals surface area contributed by atoms with Crippen molar-refractivity contribution in [2.24, 2.45) is 5.73 Å². The minimum atomic E-state index is 0. The van der Waals surface area contributed by atoms with Gasteiger partial charge in [-0.25, -0.2) is 0 Å². The predicted molar refractivity (Wildman–Crippen MR) is 52.7 cm³/mol. The van der Waals surface area contributed by atoms with Crippen molar-refractivity contribution in [3.8, 4) is 11.5 Å². The van der Waals surface area contributed by atoms with Gasteiger partial charge in [-0.05, 0) is 11.6 Å². The molecule has 0 amide bonds. The van der Waals surface area contributed by atoms with E-state index in [4.69, 9.17) is 26.8 Å². The van der Waals surface area contributed by atoms with Crippen LogP contribution in [0.15, 0.2) is 12.1 Å². The SMILES string of the molecule is Cl.NCc1cc2c(cc1Cl)OCO2. The third-order valence-corrected chi connectivity index (χ3v) is 2.11. The van der Waals surface area contributed by atoms with Crippen molar-refractivity contribution in [2.75, 3.05) is 6.79 Å². The first-order valence-corrected chi connectivity index (χ1v) is 3.97. The van der Waals surface area contributed by atoms with Gasteiger partial charge in [0, 0.05) is 17.6 Å². The van der Waals surface area contributed by atoms with E-state index < -0.39 is 0 Å². The van der Waals surface area contributed by atoms with E-state index in [1.165, 1.54) is 0 Å². The number of nitrogens with two attached hydrogens (primary N) is 1. The molecule has 0 saturated heterocycles. The predicted octanol–water partition coefficient (Wildman–Crippen LogP) is 1.95. The van der Waals surface area contributed by atoms with Crippen LogP contribution in [0.5, 0.6) is 11.5 Å². The third kappa shape index (κ3) is 1.82. The lowest BCUT2D eigenvalue weighted by Crippen LogP contribution is -1.96. The first-order valence-electron chi connectivity index (χ1n) is 3.59. The lowest BCUT2D eigenvalue weighted by molar-refractivity contribution is 0.174. The second kappa shape index (κ2) is 4.05. The monoisotopic (exact) mass is 221 g/mol. The Labute approximate surface area is 87.2 Å². The minimum absolute atomic E-state index is 0. The summed E-state index contributed by atoms with van der Waals surface area (Å²) in [5.74, 6) is 1.41. The maximum atomic E-state index is 5.89. The number of fused-ring (bicyclic) bond motifs is 1. The van der Waals surface area contributed by atoms with E-state index in [1.54, 1.807) is 6.07 Å². The second-order valence-corrected chi connectivity index (χ2v) is 2.91. The van der Waals surface area contributed by atoms with Gasteiger partial charge in [0.25, 0.3) is 0 Å². The van der Waals surface area contributed by atoms with Crippen molar-refractivity contribution >= 4 is 24.0 Å². The molecule has 0 saturated carbocycles. The first-order chi connectivity index (χ1) is 5.81. The van der Waals surface area contributed by atoms with Crippen molar-refractivity contribution in [3.05, 3.63) is 22.7 Å². The average Bonchev–Trinajstić information content (AvgIpc) is 2.49. The maximum absolute atomic E-state index is 5.89. The Morgan fingerprint density at radius 3 is 2.54 bits per heavy atom. The first kappa shape index (κ1) is 10.4. The molecule has 13 heavy (non-hydrogen) atoms. The zero-order valence-corrected chi connectivity index (χ0v) is 8.32. The van der Waals surface area contributed by atoms with Gasteiger partial charge in [0.1, 0.15) is 0 Å². The Morgan fingerprint density at radius 1 is 1.31 bits per heavy atom. The smallest absolute Gasteiger partial charge is 0.231 e. The number of halogens is 2. The summed E-state index contributed by atoms with van der Waals surface area (Å²) >= 11 is 5.89. The Balaban J connectivity index is 0.000000845. The van der Waals surface area contributed by atoms with Crippen LogP contribution in [-0.4, -0.2) is 6.79 Å². The number of hydrogen-bond donors (Lipinski definition) is 1. The van der Waals surface area contributed by atoms with Crippen LogP contribution in [-0.2, 0) is 6.54 Å². The highest BCUT2D eigenvalue weighted by atomic mass is 35.5. The van der Waals surface area contributed by atoms with Crippen LogP contribution in [0.4, 0.5) is 0 Å². The Bertz CT molecular complexity index is 317. The Kier molecular flexibility index (Phi) is 3.25. The van der Waals surface area contributed by atoms with Crippen LogP contribution in [0.3, 0.4) is 0 Å². The normalized spacial score (nSPS) is 12.5. The van der Waals surface area contributed by atoms with Crippen molar-refractivity contribution in [1.29, 1.82) is 0 Å². The van der Waals surface area contributed by atoms with E-state index in [0.29, 0.717) is 17.3 Å². The van der Waals surface area contributed by atoms with Crippen molar-refractivity contribution in [1.82, 2.24) is 0 Å². The van der Waals surface area contributed by atoms with Gasteiger partial charge in [0.05, 0.1) is 0 Å². The molecular weight excluding hydrogens is 213 g/mol. The van der Waals surface area contributed by atoms with Crippen molar-refractivity contribution < 1.29 is 9.47 Å². The summed E-state index contributed by atoms with van der Waals surface area (Å²) in [4.78, 5) is 0. The summed E-state index contributed by atoms with van der Waals surface area (Å²) in [5, 5.41) is 0.627. The molecule has 72 valence electrons. The van der Waals surface area contributed by atoms with Crippen LogP contribution < -0.4 is 15.2 Å². The van der Waals surface area contributed by atoms with Crippen LogP contribution >= 0.6 is 24.0 Å². The minimum Gasteiger partial charge on any atom is -0.454 e. The molecule has 1 aromatic rings. The largest absolute Gasteiger partial charge is 0.454 e. The number of hydrogen-bond acceptors (Lipinski definition) is 3. The summed E-state index contributed by atoms with van der Waals surface area (Å²) in [6.07, 6.45) is 0. The van der Waals surface area contributed by atoms with Gasteiger partial charge >= 0.3 is 0 Å². The van der Waals surface area contributed by atoms with Gasteiger partial charge < -0.3 is 15.2 Å². The van der Waals surface area contributed by atoms with E-state index in [9.17, 15) is 0 Å². The molecule has 0 bridgehead atoms. The van der Waals surface area contributed by atoms with Gasteiger partial charge in [-0.3, -0.25) is 0 Å². The van der Waals surface area contributed by atoms with E-state index >= 15 is 0 Å². The molecule has 5 heteroatoms. The second-order valence-electron chi connectivity index (χ2n) is 2.50. The lowest BCUT2D eigenvalue weighted by Gasteiger charge is -2.02. The standard InChI is InChI=1S/C8H8ClNO2.ClH/c9-6-2-8-7(11-4-12-8)1-5(6)3-10;/h1-2H,3-4,10H2;1H. The summed E-state index contributed by atoms with van der Waals surface area (Å²) in [5.41, 5.74) is 6.34. The summed E-state index contributed by atoms with van der Waals surface area (Å²) in [6.45, 7) is 0.676. The molecule has 3 nitrogen and oxygen atoms in total. The zero-order chi connectivity index (χ0) is 8.55. The summed E-state index contributed by atoms with van der Waals surface area (Å²) < 4.78 is 10.3. The molecule has 1 heterocycles. The van der Waals surface area contributed by atoms with Gasteiger partial charge in [-0.15, -0.1) is 12.4 Å². The third-order valence-electron chi connectivity index (χ3n) is 1.76. The molecule has 0 radical (unpaired) electrons. The Morgan fingerprint density at radius 2 is 1.92 bits per heavy atom. The summed E-state index contributed by atoms with van der Waals surface area (Å²) in [7, 11) is 0. The van der Waals surface area contributed by atoms with Crippen molar-refractivity contribution in [3.63, 3.8) is 0 Å². The molecule has 0 unspecified atom stereocenters. The topological polar surface area (TPSA) is 44.5 Å². The fourth-order valence-corrected chi connectivity index (χ4v) is 1.35. The molecule has 2 N–H and O–H groups in total. The van der Waals surface area contributed by atoms with Crippen LogP contribution in [0.2, 0.25) is 5.02 Å². The molecule has 1 aliphatic rings. The van der Waals surface area contributed by atoms with E-state index in [1.807, 2.05) is 6.07 Å². The maximum Gasteiger partial charge on any atom is 0.231 e. The number of ether oxygens (including phenoxy) is 2. The molecule has 0 aromatic heterocycles.